The van der Waals surface area contributed by atoms with E-state index in [9.17, 15) is 8.42 Å². The predicted octanol–water partition coefficient (Wildman–Crippen LogP) is 2.36. The van der Waals surface area contributed by atoms with Crippen molar-refractivity contribution in [1.82, 2.24) is 9.62 Å². The Morgan fingerprint density at radius 2 is 1.88 bits per heavy atom. The second kappa shape index (κ2) is 8.59. The molecule has 0 bridgehead atoms. The molecule has 2 saturated heterocycles. The second-order valence-corrected chi connectivity index (χ2v) is 10.0. The topological polar surface area (TPSA) is 58.6 Å². The van der Waals surface area contributed by atoms with E-state index in [0.717, 1.165) is 37.4 Å². The van der Waals surface area contributed by atoms with Crippen molar-refractivity contribution in [2.75, 3.05) is 44.4 Å². The average Bonchev–Trinajstić information content (AvgIpc) is 2.64. The number of halogens is 1. The molecule has 0 radical (unpaired) electrons. The van der Waals surface area contributed by atoms with Crippen LogP contribution in [0, 0.1) is 0 Å². The molecule has 0 unspecified atom stereocenters. The van der Waals surface area contributed by atoms with Crippen LogP contribution >= 0.6 is 23.4 Å². The zero-order valence-electron chi connectivity index (χ0n) is 14.2. The lowest BCUT2D eigenvalue weighted by molar-refractivity contribution is -0.0218. The van der Waals surface area contributed by atoms with E-state index in [1.165, 1.54) is 0 Å². The third kappa shape index (κ3) is 5.11. The van der Waals surface area contributed by atoms with E-state index in [2.05, 4.69) is 9.62 Å². The number of hydrogen-bond acceptors (Lipinski definition) is 5. The van der Waals surface area contributed by atoms with Crippen molar-refractivity contribution in [3.8, 4) is 0 Å². The Morgan fingerprint density at radius 3 is 2.56 bits per heavy atom. The SMILES string of the molecule is O=S(=O)(Cc1ccccc1Cl)NCC1(N2CCSCC2)CCOCC1. The summed E-state index contributed by atoms with van der Waals surface area (Å²) in [5.41, 5.74) is 0.499. The van der Waals surface area contributed by atoms with Gasteiger partial charge in [0.2, 0.25) is 10.0 Å². The van der Waals surface area contributed by atoms with E-state index >= 15 is 0 Å². The van der Waals surface area contributed by atoms with Gasteiger partial charge in [-0.1, -0.05) is 29.8 Å². The summed E-state index contributed by atoms with van der Waals surface area (Å²) in [5, 5.41) is 0.488. The summed E-state index contributed by atoms with van der Waals surface area (Å²) in [6.45, 7) is 3.84. The first kappa shape index (κ1) is 19.5. The number of thioether (sulfide) groups is 1. The fourth-order valence-electron chi connectivity index (χ4n) is 3.51. The molecular weight excluding hydrogens is 380 g/mol. The molecule has 0 saturated carbocycles. The minimum absolute atomic E-state index is 0.0882. The number of rotatable bonds is 6. The van der Waals surface area contributed by atoms with E-state index in [1.54, 1.807) is 18.2 Å². The van der Waals surface area contributed by atoms with Gasteiger partial charge in [-0.25, -0.2) is 13.1 Å². The molecule has 0 aliphatic carbocycles. The molecule has 2 aliphatic rings. The van der Waals surface area contributed by atoms with Crippen LogP contribution in [0.1, 0.15) is 18.4 Å². The normalized spacial score (nSPS) is 22.0. The Morgan fingerprint density at radius 1 is 1.20 bits per heavy atom. The van der Waals surface area contributed by atoms with Crippen LogP contribution in [-0.2, 0) is 20.5 Å². The van der Waals surface area contributed by atoms with Crippen molar-refractivity contribution in [3.05, 3.63) is 34.9 Å². The maximum atomic E-state index is 12.6. The van der Waals surface area contributed by atoms with Gasteiger partial charge < -0.3 is 4.74 Å². The minimum Gasteiger partial charge on any atom is -0.381 e. The first-order chi connectivity index (χ1) is 12.0. The highest BCUT2D eigenvalue weighted by Crippen LogP contribution is 2.30. The number of ether oxygens (including phenoxy) is 1. The molecule has 8 heteroatoms. The molecule has 1 aromatic carbocycles. The monoisotopic (exact) mass is 404 g/mol. The second-order valence-electron chi connectivity index (χ2n) is 6.61. The Hall–Kier alpha value is -0.310. The van der Waals surface area contributed by atoms with Gasteiger partial charge in [-0.3, -0.25) is 4.90 Å². The van der Waals surface area contributed by atoms with Crippen molar-refractivity contribution in [2.24, 2.45) is 0 Å². The summed E-state index contributed by atoms with van der Waals surface area (Å²) < 4.78 is 33.6. The molecule has 0 spiro atoms. The number of sulfonamides is 1. The summed E-state index contributed by atoms with van der Waals surface area (Å²) in [7, 11) is -3.44. The molecular formula is C17H25ClN2O3S2. The predicted molar refractivity (Wildman–Crippen MR) is 104 cm³/mol. The van der Waals surface area contributed by atoms with Gasteiger partial charge >= 0.3 is 0 Å². The van der Waals surface area contributed by atoms with Crippen molar-refractivity contribution >= 4 is 33.4 Å². The number of nitrogens with one attached hydrogen (secondary N) is 1. The number of benzene rings is 1. The summed E-state index contributed by atoms with van der Waals surface area (Å²) in [4.78, 5) is 2.46. The lowest BCUT2D eigenvalue weighted by Crippen LogP contribution is -2.60. The summed E-state index contributed by atoms with van der Waals surface area (Å²) in [6.07, 6.45) is 1.73. The Balaban J connectivity index is 1.68. The van der Waals surface area contributed by atoms with E-state index in [0.29, 0.717) is 30.3 Å². The highest BCUT2D eigenvalue weighted by Gasteiger charge is 2.39. The molecule has 2 aliphatic heterocycles. The van der Waals surface area contributed by atoms with Gasteiger partial charge in [0.1, 0.15) is 0 Å². The smallest absolute Gasteiger partial charge is 0.215 e. The molecule has 25 heavy (non-hydrogen) atoms. The highest BCUT2D eigenvalue weighted by atomic mass is 35.5. The quantitative estimate of drug-likeness (QED) is 0.788. The molecule has 5 nitrogen and oxygen atoms in total. The molecule has 0 amide bonds. The summed E-state index contributed by atoms with van der Waals surface area (Å²) in [6, 6.07) is 7.09. The fourth-order valence-corrected chi connectivity index (χ4v) is 5.95. The fraction of sp³-hybridized carbons (Fsp3) is 0.647. The molecule has 2 heterocycles. The lowest BCUT2D eigenvalue weighted by Gasteiger charge is -2.48. The molecule has 2 fully saturated rings. The maximum absolute atomic E-state index is 12.6. The zero-order chi connectivity index (χ0) is 17.8. The van der Waals surface area contributed by atoms with Crippen LogP contribution in [0.25, 0.3) is 0 Å². The lowest BCUT2D eigenvalue weighted by atomic mass is 9.88. The Kier molecular flexibility index (Phi) is 6.68. The van der Waals surface area contributed by atoms with Gasteiger partial charge in [0.15, 0.2) is 0 Å². The van der Waals surface area contributed by atoms with Crippen LogP contribution in [-0.4, -0.2) is 63.2 Å². The average molecular weight is 405 g/mol. The largest absolute Gasteiger partial charge is 0.381 e. The molecule has 0 atom stereocenters. The summed E-state index contributed by atoms with van der Waals surface area (Å²) in [5.74, 6) is 2.12. The highest BCUT2D eigenvalue weighted by molar-refractivity contribution is 7.99. The third-order valence-corrected chi connectivity index (χ3v) is 7.62. The van der Waals surface area contributed by atoms with Crippen LogP contribution in [0.15, 0.2) is 24.3 Å². The number of hydrogen-bond donors (Lipinski definition) is 1. The van der Waals surface area contributed by atoms with Crippen LogP contribution in [0.3, 0.4) is 0 Å². The van der Waals surface area contributed by atoms with Gasteiger partial charge in [-0.2, -0.15) is 11.8 Å². The van der Waals surface area contributed by atoms with E-state index < -0.39 is 10.0 Å². The molecule has 1 N–H and O–H groups in total. The van der Waals surface area contributed by atoms with Crippen LogP contribution < -0.4 is 4.72 Å². The summed E-state index contributed by atoms with van der Waals surface area (Å²) >= 11 is 8.07. The molecule has 3 rings (SSSR count). The molecule has 0 aromatic heterocycles. The van der Waals surface area contributed by atoms with Crippen molar-refractivity contribution in [1.29, 1.82) is 0 Å². The van der Waals surface area contributed by atoms with Crippen molar-refractivity contribution in [3.63, 3.8) is 0 Å². The van der Waals surface area contributed by atoms with Crippen molar-refractivity contribution < 1.29 is 13.2 Å². The Labute approximate surface area is 159 Å². The van der Waals surface area contributed by atoms with Gasteiger partial charge in [0, 0.05) is 54.9 Å². The molecule has 1 aromatic rings. The van der Waals surface area contributed by atoms with Crippen molar-refractivity contribution in [2.45, 2.75) is 24.1 Å². The minimum atomic E-state index is -3.44. The first-order valence-corrected chi connectivity index (χ1v) is 11.8. The molecule has 140 valence electrons. The van der Waals surface area contributed by atoms with E-state index in [-0.39, 0.29) is 11.3 Å². The van der Waals surface area contributed by atoms with Gasteiger partial charge in [-0.15, -0.1) is 0 Å². The first-order valence-electron chi connectivity index (χ1n) is 8.62. The third-order valence-electron chi connectivity index (χ3n) is 5.03. The zero-order valence-corrected chi connectivity index (χ0v) is 16.6. The maximum Gasteiger partial charge on any atom is 0.215 e. The van der Waals surface area contributed by atoms with Crippen LogP contribution in [0.2, 0.25) is 5.02 Å². The van der Waals surface area contributed by atoms with E-state index in [1.807, 2.05) is 17.8 Å². The van der Waals surface area contributed by atoms with Crippen LogP contribution in [0.5, 0.6) is 0 Å². The van der Waals surface area contributed by atoms with Gasteiger partial charge in [-0.05, 0) is 24.5 Å². The van der Waals surface area contributed by atoms with Gasteiger partial charge in [0.25, 0.3) is 0 Å². The standard InChI is InChI=1S/C17H25ClN2O3S2/c18-16-4-2-1-3-15(16)13-25(21,22)19-14-17(5-9-23-10-6-17)20-7-11-24-12-8-20/h1-4,19H,5-14H2. The van der Waals surface area contributed by atoms with Gasteiger partial charge in [0.05, 0.1) is 5.75 Å². The van der Waals surface area contributed by atoms with Crippen LogP contribution in [0.4, 0.5) is 0 Å². The Bertz CT molecular complexity index is 672. The van der Waals surface area contributed by atoms with E-state index in [4.69, 9.17) is 16.3 Å². The number of nitrogens with zero attached hydrogens (tertiary/aromatic N) is 1.